The molecule has 2 rings (SSSR count). The molecule has 1 saturated heterocycles. The van der Waals surface area contributed by atoms with Gasteiger partial charge in [-0.3, -0.25) is 4.68 Å². The molecule has 90 valence electrons. The first-order valence-corrected chi connectivity index (χ1v) is 6.61. The predicted molar refractivity (Wildman–Crippen MR) is 67.7 cm³/mol. The van der Waals surface area contributed by atoms with Crippen LogP contribution in [-0.2, 0) is 10.3 Å². The smallest absolute Gasteiger partial charge is 0.0635 e. The molecule has 1 fully saturated rings. The third kappa shape index (κ3) is 2.33. The highest BCUT2D eigenvalue weighted by atomic mass is 79.9. The summed E-state index contributed by atoms with van der Waals surface area (Å²) in [5.41, 5.74) is 1.37. The van der Waals surface area contributed by atoms with Gasteiger partial charge >= 0.3 is 0 Å². The van der Waals surface area contributed by atoms with Crippen molar-refractivity contribution >= 4 is 15.9 Å². The summed E-state index contributed by atoms with van der Waals surface area (Å²) in [6.45, 7) is 8.30. The van der Waals surface area contributed by atoms with E-state index in [1.165, 1.54) is 5.69 Å². The Hall–Kier alpha value is -0.350. The first-order valence-electron chi connectivity index (χ1n) is 5.82. The van der Waals surface area contributed by atoms with Crippen LogP contribution in [0, 0.1) is 0 Å². The van der Waals surface area contributed by atoms with E-state index in [1.807, 2.05) is 6.20 Å². The lowest BCUT2D eigenvalue weighted by molar-refractivity contribution is 0.0821. The van der Waals surface area contributed by atoms with Crippen molar-refractivity contribution in [2.45, 2.75) is 45.1 Å². The molecule has 1 aromatic rings. The molecule has 1 aliphatic heterocycles. The van der Waals surface area contributed by atoms with Crippen molar-refractivity contribution in [1.29, 1.82) is 0 Å². The van der Waals surface area contributed by atoms with Gasteiger partial charge in [-0.1, -0.05) is 0 Å². The lowest BCUT2D eigenvalue weighted by atomic mass is 9.95. The molecule has 0 radical (unpaired) electrons. The third-order valence-electron chi connectivity index (χ3n) is 3.00. The minimum atomic E-state index is 0.0413. The molecule has 0 aromatic carbocycles. The Labute approximate surface area is 105 Å². The van der Waals surface area contributed by atoms with E-state index in [0.29, 0.717) is 5.92 Å². The average molecular weight is 287 g/mol. The number of nitrogens with zero attached hydrogens (tertiary/aromatic N) is 2. The molecule has 2 heterocycles. The maximum absolute atomic E-state index is 5.42. The molecular weight excluding hydrogens is 268 g/mol. The van der Waals surface area contributed by atoms with Gasteiger partial charge < -0.3 is 4.74 Å². The van der Waals surface area contributed by atoms with E-state index in [2.05, 4.69) is 46.5 Å². The fourth-order valence-electron chi connectivity index (χ4n) is 2.21. The van der Waals surface area contributed by atoms with Gasteiger partial charge in [0.1, 0.15) is 0 Å². The van der Waals surface area contributed by atoms with Crippen molar-refractivity contribution in [1.82, 2.24) is 9.78 Å². The molecule has 0 atom stereocenters. The Morgan fingerprint density at radius 3 is 2.56 bits per heavy atom. The number of hydrogen-bond donors (Lipinski definition) is 0. The Balaban J connectivity index is 2.34. The maximum atomic E-state index is 5.42. The van der Waals surface area contributed by atoms with Crippen LogP contribution >= 0.6 is 15.9 Å². The molecule has 4 heteroatoms. The molecule has 0 bridgehead atoms. The van der Waals surface area contributed by atoms with Gasteiger partial charge in [-0.25, -0.2) is 0 Å². The summed E-state index contributed by atoms with van der Waals surface area (Å²) < 4.78 is 8.70. The van der Waals surface area contributed by atoms with Crippen molar-refractivity contribution in [3.63, 3.8) is 0 Å². The molecular formula is C12H19BrN2O. The summed E-state index contributed by atoms with van der Waals surface area (Å²) >= 11 is 3.62. The summed E-state index contributed by atoms with van der Waals surface area (Å²) in [6.07, 6.45) is 4.11. The maximum Gasteiger partial charge on any atom is 0.0635 e. The summed E-state index contributed by atoms with van der Waals surface area (Å²) in [6, 6.07) is 0. The molecule has 0 spiro atoms. The second-order valence-electron chi connectivity index (χ2n) is 5.35. The van der Waals surface area contributed by atoms with E-state index >= 15 is 0 Å². The van der Waals surface area contributed by atoms with Crippen LogP contribution in [0.4, 0.5) is 0 Å². The molecule has 0 amide bonds. The highest BCUT2D eigenvalue weighted by Gasteiger charge is 2.27. The minimum absolute atomic E-state index is 0.0413. The zero-order chi connectivity index (χ0) is 11.8. The van der Waals surface area contributed by atoms with E-state index in [9.17, 15) is 0 Å². The van der Waals surface area contributed by atoms with E-state index in [4.69, 9.17) is 4.74 Å². The molecule has 0 saturated carbocycles. The molecule has 1 aromatic heterocycles. The quantitative estimate of drug-likeness (QED) is 0.792. The van der Waals surface area contributed by atoms with E-state index in [1.54, 1.807) is 0 Å². The fraction of sp³-hybridized carbons (Fsp3) is 0.750. The highest BCUT2D eigenvalue weighted by molar-refractivity contribution is 9.10. The Morgan fingerprint density at radius 2 is 2.00 bits per heavy atom. The number of halogens is 1. The number of rotatable bonds is 1. The van der Waals surface area contributed by atoms with Crippen molar-refractivity contribution in [3.8, 4) is 0 Å². The lowest BCUT2D eigenvalue weighted by Gasteiger charge is -2.28. The Bertz CT molecular complexity index is 362. The number of hydrogen-bond acceptors (Lipinski definition) is 2. The summed E-state index contributed by atoms with van der Waals surface area (Å²) in [5, 5.41) is 4.49. The van der Waals surface area contributed by atoms with Crippen LogP contribution in [0.1, 0.15) is 45.2 Å². The van der Waals surface area contributed by atoms with Gasteiger partial charge in [-0.05, 0) is 49.5 Å². The second-order valence-corrected chi connectivity index (χ2v) is 6.20. The van der Waals surface area contributed by atoms with E-state index in [0.717, 1.165) is 30.5 Å². The first kappa shape index (κ1) is 12.1. The van der Waals surface area contributed by atoms with Crippen molar-refractivity contribution in [2.24, 2.45) is 0 Å². The van der Waals surface area contributed by atoms with Crippen molar-refractivity contribution < 1.29 is 4.74 Å². The van der Waals surface area contributed by atoms with Gasteiger partial charge in [-0.15, -0.1) is 0 Å². The lowest BCUT2D eigenvalue weighted by Crippen LogP contribution is -2.28. The second kappa shape index (κ2) is 4.49. The fourth-order valence-corrected chi connectivity index (χ4v) is 2.79. The normalized spacial score (nSPS) is 19.0. The number of ether oxygens (including phenoxy) is 1. The van der Waals surface area contributed by atoms with Gasteiger partial charge in [0, 0.05) is 19.1 Å². The summed E-state index contributed by atoms with van der Waals surface area (Å²) in [7, 11) is 0. The van der Waals surface area contributed by atoms with Crippen LogP contribution < -0.4 is 0 Å². The van der Waals surface area contributed by atoms with Crippen molar-refractivity contribution in [2.75, 3.05) is 13.2 Å². The van der Waals surface area contributed by atoms with Crippen LogP contribution in [0.25, 0.3) is 0 Å². The van der Waals surface area contributed by atoms with E-state index < -0.39 is 0 Å². The van der Waals surface area contributed by atoms with E-state index in [-0.39, 0.29) is 5.54 Å². The van der Waals surface area contributed by atoms with Crippen LogP contribution in [0.3, 0.4) is 0 Å². The van der Waals surface area contributed by atoms with Crippen LogP contribution in [0.2, 0.25) is 0 Å². The average Bonchev–Trinajstić information content (AvgIpc) is 2.61. The monoisotopic (exact) mass is 286 g/mol. The summed E-state index contributed by atoms with van der Waals surface area (Å²) in [4.78, 5) is 0. The van der Waals surface area contributed by atoms with Crippen LogP contribution in [0.15, 0.2) is 10.7 Å². The molecule has 3 nitrogen and oxygen atoms in total. The zero-order valence-corrected chi connectivity index (χ0v) is 11.7. The molecule has 0 aliphatic carbocycles. The summed E-state index contributed by atoms with van der Waals surface area (Å²) in [5.74, 6) is 0.574. The molecule has 0 unspecified atom stereocenters. The van der Waals surface area contributed by atoms with Gasteiger partial charge in [0.15, 0.2) is 0 Å². The largest absolute Gasteiger partial charge is 0.381 e. The van der Waals surface area contributed by atoms with Crippen LogP contribution in [-0.4, -0.2) is 23.0 Å². The Morgan fingerprint density at radius 1 is 1.38 bits per heavy atom. The third-order valence-corrected chi connectivity index (χ3v) is 3.61. The standard InChI is InChI=1S/C12H19BrN2O/c1-12(2,3)15-11(10(13)8-14-15)9-4-6-16-7-5-9/h8-9H,4-7H2,1-3H3. The topological polar surface area (TPSA) is 27.1 Å². The zero-order valence-electron chi connectivity index (χ0n) is 10.2. The minimum Gasteiger partial charge on any atom is -0.381 e. The van der Waals surface area contributed by atoms with Crippen LogP contribution in [0.5, 0.6) is 0 Å². The number of aromatic nitrogens is 2. The van der Waals surface area contributed by atoms with Crippen molar-refractivity contribution in [3.05, 3.63) is 16.4 Å². The van der Waals surface area contributed by atoms with Gasteiger partial charge in [0.05, 0.1) is 21.9 Å². The van der Waals surface area contributed by atoms with Gasteiger partial charge in [0.2, 0.25) is 0 Å². The molecule has 16 heavy (non-hydrogen) atoms. The first-order chi connectivity index (χ1) is 7.50. The Kier molecular flexibility index (Phi) is 3.40. The van der Waals surface area contributed by atoms with Gasteiger partial charge in [-0.2, -0.15) is 5.10 Å². The predicted octanol–water partition coefficient (Wildman–Crippen LogP) is 3.29. The van der Waals surface area contributed by atoms with Gasteiger partial charge in [0.25, 0.3) is 0 Å². The highest BCUT2D eigenvalue weighted by Crippen LogP contribution is 2.34. The molecule has 0 N–H and O–H groups in total. The SMILES string of the molecule is CC(C)(C)n1ncc(Br)c1C1CCOCC1. The molecule has 1 aliphatic rings.